The molecule has 3 nitrogen and oxygen atoms in total. The highest BCUT2D eigenvalue weighted by atomic mass is 79.9. The second-order valence-electron chi connectivity index (χ2n) is 5.75. The molecular weight excluding hydrogens is 422 g/mol. The topological polar surface area (TPSA) is 42.0 Å². The lowest BCUT2D eigenvalue weighted by atomic mass is 10.0. The summed E-state index contributed by atoms with van der Waals surface area (Å²) in [6.45, 7) is 6.23. The van der Waals surface area contributed by atoms with E-state index in [1.54, 1.807) is 17.4 Å². The molecule has 7 heteroatoms. The molecule has 1 aliphatic carbocycles. The fourth-order valence-electron chi connectivity index (χ4n) is 2.91. The van der Waals surface area contributed by atoms with Crippen LogP contribution in [-0.2, 0) is 17.6 Å². The molecule has 1 heterocycles. The van der Waals surface area contributed by atoms with Gasteiger partial charge >= 0.3 is 0 Å². The van der Waals surface area contributed by atoms with Crippen molar-refractivity contribution in [3.05, 3.63) is 69.0 Å². The van der Waals surface area contributed by atoms with Gasteiger partial charge in [-0.2, -0.15) is 0 Å². The number of benzene rings is 1. The van der Waals surface area contributed by atoms with Gasteiger partial charge in [0.25, 0.3) is 5.91 Å². The third kappa shape index (κ3) is 3.68. The maximum atomic E-state index is 13.7. The molecule has 1 N–H and O–H groups in total. The van der Waals surface area contributed by atoms with Crippen molar-refractivity contribution >= 4 is 38.9 Å². The van der Waals surface area contributed by atoms with Crippen LogP contribution in [0.5, 0.6) is 0 Å². The highest BCUT2D eigenvalue weighted by molar-refractivity contribution is 9.11. The normalized spacial score (nSPS) is 13.8. The van der Waals surface area contributed by atoms with Crippen LogP contribution in [0.2, 0.25) is 0 Å². The molecule has 0 bridgehead atoms. The predicted molar refractivity (Wildman–Crippen MR) is 104 cm³/mol. The zero-order chi connectivity index (χ0) is 18.8. The van der Waals surface area contributed by atoms with Crippen molar-refractivity contribution in [1.82, 2.24) is 4.98 Å². The van der Waals surface area contributed by atoms with Crippen LogP contribution in [0.15, 0.2) is 58.6 Å². The fourth-order valence-corrected chi connectivity index (χ4v) is 4.51. The Bertz CT molecular complexity index is 949. The second kappa shape index (κ2) is 7.63. The molecule has 0 fully saturated rings. The minimum Gasteiger partial charge on any atom is -0.322 e. The Morgan fingerprint density at radius 1 is 1.35 bits per heavy atom. The number of amides is 1. The van der Waals surface area contributed by atoms with Gasteiger partial charge in [-0.3, -0.25) is 4.79 Å². The van der Waals surface area contributed by atoms with Crippen LogP contribution in [0.25, 0.3) is 11.3 Å². The Morgan fingerprint density at radius 2 is 2.12 bits per heavy atom. The number of hydrogen-bond donors (Lipinski definition) is 1. The molecule has 0 saturated carbocycles. The molecule has 26 heavy (non-hydrogen) atoms. The molecule has 0 unspecified atom stereocenters. The first kappa shape index (κ1) is 18.7. The highest BCUT2D eigenvalue weighted by Gasteiger charge is 2.21. The van der Waals surface area contributed by atoms with E-state index < -0.39 is 23.1 Å². The van der Waals surface area contributed by atoms with Gasteiger partial charge in [0, 0.05) is 16.1 Å². The van der Waals surface area contributed by atoms with Gasteiger partial charge in [-0.1, -0.05) is 19.2 Å². The molecule has 1 amide bonds. The smallest absolute Gasteiger partial charge is 0.261 e. The van der Waals surface area contributed by atoms with Gasteiger partial charge in [0.2, 0.25) is 0 Å². The number of carbonyl (C=O) groups excluding carboxylic acids is 1. The Hall–Kier alpha value is -2.12. The monoisotopic (exact) mass is 436 g/mol. The van der Waals surface area contributed by atoms with E-state index >= 15 is 0 Å². The van der Waals surface area contributed by atoms with E-state index in [2.05, 4.69) is 39.4 Å². The summed E-state index contributed by atoms with van der Waals surface area (Å²) < 4.78 is 28.0. The molecule has 1 aromatic carbocycles. The molecule has 0 aliphatic heterocycles. The summed E-state index contributed by atoms with van der Waals surface area (Å²) in [6.07, 6.45) is 3.51. The first-order valence-electron chi connectivity index (χ1n) is 7.87. The number of aryl methyl sites for hydroxylation is 2. The molecule has 3 rings (SSSR count). The largest absolute Gasteiger partial charge is 0.322 e. The number of aromatic nitrogens is 1. The van der Waals surface area contributed by atoms with Crippen molar-refractivity contribution in [1.29, 1.82) is 0 Å². The van der Waals surface area contributed by atoms with Crippen LogP contribution in [0.3, 0.4) is 0 Å². The molecular formula is C19H15BrF2N2OS. The molecule has 134 valence electrons. The van der Waals surface area contributed by atoms with Gasteiger partial charge < -0.3 is 5.32 Å². The van der Waals surface area contributed by atoms with Crippen LogP contribution in [0.4, 0.5) is 14.5 Å². The Morgan fingerprint density at radius 3 is 2.81 bits per heavy atom. The minimum atomic E-state index is -1.15. The number of nitrogens with one attached hydrogen (secondary N) is 1. The summed E-state index contributed by atoms with van der Waals surface area (Å²) in [4.78, 5) is 18.0. The van der Waals surface area contributed by atoms with E-state index in [1.807, 2.05) is 12.1 Å². The molecule has 0 atom stereocenters. The average molecular weight is 437 g/mol. The lowest BCUT2D eigenvalue weighted by molar-refractivity contribution is -0.112. The van der Waals surface area contributed by atoms with E-state index in [4.69, 9.17) is 0 Å². The standard InChI is InChI=1S/C19H15BrF2N2OS/c1-3-14(22)16(10(2)21)18(25)23-12-7-8-13-11(9-12)5-4-6-15-17(13)24-19(20)26-15/h3,7-9H,1-2,4-6H2,(H,23,25)/b16-14-. The van der Waals surface area contributed by atoms with Crippen molar-refractivity contribution in [3.63, 3.8) is 0 Å². The van der Waals surface area contributed by atoms with Crippen molar-refractivity contribution < 1.29 is 13.6 Å². The first-order valence-corrected chi connectivity index (χ1v) is 9.48. The number of thiazole rings is 1. The summed E-state index contributed by atoms with van der Waals surface area (Å²) >= 11 is 5.05. The third-order valence-corrected chi connectivity index (χ3v) is 5.62. The maximum Gasteiger partial charge on any atom is 0.261 e. The van der Waals surface area contributed by atoms with Crippen molar-refractivity contribution in [2.75, 3.05) is 5.32 Å². The zero-order valence-electron chi connectivity index (χ0n) is 13.7. The number of fused-ring (bicyclic) bond motifs is 3. The number of halogens is 3. The quantitative estimate of drug-likeness (QED) is 0.479. The van der Waals surface area contributed by atoms with Crippen LogP contribution >= 0.6 is 27.3 Å². The van der Waals surface area contributed by atoms with Crippen LogP contribution < -0.4 is 5.32 Å². The summed E-state index contributed by atoms with van der Waals surface area (Å²) in [6, 6.07) is 5.39. The predicted octanol–water partition coefficient (Wildman–Crippen LogP) is 5.89. The molecule has 0 spiro atoms. The Balaban J connectivity index is 1.93. The van der Waals surface area contributed by atoms with Crippen molar-refractivity contribution in [3.8, 4) is 11.3 Å². The molecule has 1 aromatic heterocycles. The SMILES string of the molecule is C=C/C(F)=C(\C(=C)F)C(=O)Nc1ccc2c(c1)CCCc1sc(Br)nc1-2. The molecule has 1 aliphatic rings. The number of nitrogens with zero attached hydrogens (tertiary/aromatic N) is 1. The van der Waals surface area contributed by atoms with Gasteiger partial charge in [0.1, 0.15) is 17.2 Å². The summed E-state index contributed by atoms with van der Waals surface area (Å²) in [5, 5.41) is 2.53. The highest BCUT2D eigenvalue weighted by Crippen LogP contribution is 2.38. The zero-order valence-corrected chi connectivity index (χ0v) is 16.1. The van der Waals surface area contributed by atoms with E-state index in [0.717, 1.165) is 46.1 Å². The Kier molecular flexibility index (Phi) is 5.48. The Labute approximate surface area is 162 Å². The van der Waals surface area contributed by atoms with E-state index in [-0.39, 0.29) is 0 Å². The van der Waals surface area contributed by atoms with Gasteiger partial charge in [0.15, 0.2) is 3.92 Å². The number of rotatable bonds is 4. The fraction of sp³-hybridized carbons (Fsp3) is 0.158. The second-order valence-corrected chi connectivity index (χ2v) is 8.11. The third-order valence-electron chi connectivity index (χ3n) is 4.06. The van der Waals surface area contributed by atoms with Crippen LogP contribution in [-0.4, -0.2) is 10.9 Å². The molecule has 2 aromatic rings. The number of anilines is 1. The van der Waals surface area contributed by atoms with Gasteiger partial charge in [-0.05, 0) is 59.0 Å². The average Bonchev–Trinajstić information content (AvgIpc) is 2.87. The number of allylic oxidation sites excluding steroid dienone is 2. The minimum absolute atomic E-state index is 0.460. The number of carbonyl (C=O) groups is 1. The summed E-state index contributed by atoms with van der Waals surface area (Å²) in [5.41, 5.74) is 2.71. The van der Waals surface area contributed by atoms with Crippen LogP contribution in [0.1, 0.15) is 16.9 Å². The van der Waals surface area contributed by atoms with Gasteiger partial charge in [-0.25, -0.2) is 13.8 Å². The van der Waals surface area contributed by atoms with Gasteiger partial charge in [-0.15, -0.1) is 11.3 Å². The number of hydrogen-bond acceptors (Lipinski definition) is 3. The lowest BCUT2D eigenvalue weighted by Gasteiger charge is -2.11. The van der Waals surface area contributed by atoms with E-state index in [1.165, 1.54) is 4.88 Å². The first-order chi connectivity index (χ1) is 12.4. The van der Waals surface area contributed by atoms with Crippen molar-refractivity contribution in [2.24, 2.45) is 0 Å². The van der Waals surface area contributed by atoms with Crippen LogP contribution in [0, 0.1) is 0 Å². The lowest BCUT2D eigenvalue weighted by Crippen LogP contribution is -2.16. The summed E-state index contributed by atoms with van der Waals surface area (Å²) in [5.74, 6) is -3.10. The van der Waals surface area contributed by atoms with Gasteiger partial charge in [0.05, 0.1) is 5.69 Å². The maximum absolute atomic E-state index is 13.7. The molecule has 0 saturated heterocycles. The molecule has 0 radical (unpaired) electrons. The van der Waals surface area contributed by atoms with Crippen molar-refractivity contribution in [2.45, 2.75) is 19.3 Å². The van der Waals surface area contributed by atoms with E-state index in [9.17, 15) is 13.6 Å². The summed E-state index contributed by atoms with van der Waals surface area (Å²) in [7, 11) is 0. The van der Waals surface area contributed by atoms with E-state index in [0.29, 0.717) is 5.69 Å².